The number of primary amides is 1. The van der Waals surface area contributed by atoms with Crippen LogP contribution in [0.15, 0.2) is 42.5 Å². The molecule has 1 unspecified atom stereocenters. The van der Waals surface area contributed by atoms with Crippen molar-refractivity contribution in [2.24, 2.45) is 5.73 Å². The average Bonchev–Trinajstić information content (AvgIpc) is 2.79. The van der Waals surface area contributed by atoms with Crippen LogP contribution in [-0.4, -0.2) is 32.0 Å². The largest absolute Gasteiger partial charge is 0.490 e. The maximum atomic E-state index is 14.0. The molecule has 33 heavy (non-hydrogen) atoms. The number of amides is 1. The van der Waals surface area contributed by atoms with Crippen molar-refractivity contribution in [1.82, 2.24) is 0 Å². The quantitative estimate of drug-likeness (QED) is 0.386. The number of hydrogen-bond donors (Lipinski definition) is 1. The fourth-order valence-electron chi connectivity index (χ4n) is 3.40. The molecule has 1 fully saturated rings. The highest BCUT2D eigenvalue weighted by Gasteiger charge is 2.15. The third-order valence-corrected chi connectivity index (χ3v) is 5.18. The molecule has 0 spiro atoms. The normalized spacial score (nSPS) is 16.5. The maximum absolute atomic E-state index is 14.0. The van der Waals surface area contributed by atoms with Crippen molar-refractivity contribution in [3.63, 3.8) is 0 Å². The van der Waals surface area contributed by atoms with Crippen molar-refractivity contribution in [2.75, 3.05) is 19.8 Å². The van der Waals surface area contributed by atoms with Gasteiger partial charge in [-0.05, 0) is 61.6 Å². The molecule has 1 saturated heterocycles. The summed E-state index contributed by atoms with van der Waals surface area (Å²) in [6, 6.07) is 8.71. The molecule has 0 bridgehead atoms. The van der Waals surface area contributed by atoms with Gasteiger partial charge in [-0.3, -0.25) is 4.79 Å². The van der Waals surface area contributed by atoms with Gasteiger partial charge in [0.1, 0.15) is 18.2 Å². The minimum absolute atomic E-state index is 0.168. The second-order valence-corrected chi connectivity index (χ2v) is 7.75. The standard InChI is InChI=1S/C25H29F2NO5/c1-17(14-24(28)29)18-9-10-22(33-16-19-20(26)6-4-7-21(19)27)23(15-18)30-12-5-13-32-25-8-2-3-11-31-25/h4,6-7,9-10,14-15,25H,2-3,5,8,11-13,16H2,1H3,(H2,28,29)/b17-14+. The van der Waals surface area contributed by atoms with E-state index in [0.717, 1.165) is 25.9 Å². The molecule has 0 aliphatic carbocycles. The molecule has 2 aromatic rings. The lowest BCUT2D eigenvalue weighted by atomic mass is 10.1. The van der Waals surface area contributed by atoms with E-state index in [1.54, 1.807) is 25.1 Å². The van der Waals surface area contributed by atoms with Gasteiger partial charge in [0.2, 0.25) is 5.91 Å². The van der Waals surface area contributed by atoms with E-state index in [1.165, 1.54) is 24.3 Å². The zero-order chi connectivity index (χ0) is 23.6. The second kappa shape index (κ2) is 12.3. The maximum Gasteiger partial charge on any atom is 0.241 e. The Morgan fingerprint density at radius 2 is 1.91 bits per heavy atom. The zero-order valence-electron chi connectivity index (χ0n) is 18.7. The minimum Gasteiger partial charge on any atom is -0.490 e. The molecule has 1 aliphatic rings. The first kappa shape index (κ1) is 24.7. The number of nitrogens with two attached hydrogens (primary N) is 1. The van der Waals surface area contributed by atoms with E-state index >= 15 is 0 Å². The second-order valence-electron chi connectivity index (χ2n) is 7.75. The van der Waals surface area contributed by atoms with E-state index < -0.39 is 17.5 Å². The minimum atomic E-state index is -0.684. The van der Waals surface area contributed by atoms with Gasteiger partial charge in [0.25, 0.3) is 0 Å². The van der Waals surface area contributed by atoms with Gasteiger partial charge in [0, 0.05) is 19.1 Å². The molecule has 178 valence electrons. The van der Waals surface area contributed by atoms with Crippen LogP contribution in [0.3, 0.4) is 0 Å². The Labute approximate surface area is 192 Å². The van der Waals surface area contributed by atoms with Crippen molar-refractivity contribution < 1.29 is 32.5 Å². The molecule has 1 heterocycles. The number of hydrogen-bond acceptors (Lipinski definition) is 5. The van der Waals surface area contributed by atoms with E-state index in [9.17, 15) is 13.6 Å². The Hall–Kier alpha value is -2.97. The smallest absolute Gasteiger partial charge is 0.241 e. The molecule has 0 radical (unpaired) electrons. The van der Waals surface area contributed by atoms with E-state index in [1.807, 2.05) is 0 Å². The predicted molar refractivity (Wildman–Crippen MR) is 120 cm³/mol. The van der Waals surface area contributed by atoms with Crippen molar-refractivity contribution in [3.8, 4) is 11.5 Å². The summed E-state index contributed by atoms with van der Waals surface area (Å²) in [7, 11) is 0. The Kier molecular flexibility index (Phi) is 9.21. The first-order chi connectivity index (χ1) is 15.9. The highest BCUT2D eigenvalue weighted by atomic mass is 19.1. The van der Waals surface area contributed by atoms with E-state index in [2.05, 4.69) is 0 Å². The predicted octanol–water partition coefficient (Wildman–Crippen LogP) is 4.74. The molecule has 2 N–H and O–H groups in total. The Morgan fingerprint density at radius 3 is 2.61 bits per heavy atom. The molecule has 3 rings (SSSR count). The summed E-state index contributed by atoms with van der Waals surface area (Å²) in [5.41, 5.74) is 6.44. The van der Waals surface area contributed by atoms with Gasteiger partial charge in [-0.1, -0.05) is 12.1 Å². The highest BCUT2D eigenvalue weighted by molar-refractivity contribution is 5.93. The van der Waals surface area contributed by atoms with Gasteiger partial charge < -0.3 is 24.7 Å². The lowest BCUT2D eigenvalue weighted by Crippen LogP contribution is -2.23. The molecule has 0 aromatic heterocycles. The van der Waals surface area contributed by atoms with Crippen LogP contribution in [0.4, 0.5) is 8.78 Å². The van der Waals surface area contributed by atoms with E-state index in [4.69, 9.17) is 24.7 Å². The number of rotatable bonds is 11. The van der Waals surface area contributed by atoms with Crippen LogP contribution < -0.4 is 15.2 Å². The highest BCUT2D eigenvalue weighted by Crippen LogP contribution is 2.32. The first-order valence-electron chi connectivity index (χ1n) is 11.0. The molecule has 6 nitrogen and oxygen atoms in total. The lowest BCUT2D eigenvalue weighted by molar-refractivity contribution is -0.163. The average molecular weight is 462 g/mol. The Balaban J connectivity index is 1.66. The topological polar surface area (TPSA) is 80.0 Å². The molecular formula is C25H29F2NO5. The molecule has 2 aromatic carbocycles. The number of benzene rings is 2. The number of carbonyl (C=O) groups excluding carboxylic acids is 1. The zero-order valence-corrected chi connectivity index (χ0v) is 18.7. The Morgan fingerprint density at radius 1 is 1.12 bits per heavy atom. The van der Waals surface area contributed by atoms with Crippen LogP contribution in [0.2, 0.25) is 0 Å². The number of ether oxygens (including phenoxy) is 4. The fraction of sp³-hybridized carbons (Fsp3) is 0.400. The summed E-state index contributed by atoms with van der Waals surface area (Å²) in [4.78, 5) is 11.2. The molecule has 8 heteroatoms. The van der Waals surface area contributed by atoms with Gasteiger partial charge >= 0.3 is 0 Å². The first-order valence-corrected chi connectivity index (χ1v) is 11.0. The van der Waals surface area contributed by atoms with Crippen molar-refractivity contribution >= 4 is 11.5 Å². The van der Waals surface area contributed by atoms with Crippen LogP contribution in [0.25, 0.3) is 5.57 Å². The molecule has 1 amide bonds. The SMILES string of the molecule is C/C(=C\C(N)=O)c1ccc(OCc2c(F)cccc2F)c(OCCCOC2CCCCO2)c1. The summed E-state index contributed by atoms with van der Waals surface area (Å²) in [5.74, 6) is -1.22. The third-order valence-electron chi connectivity index (χ3n) is 5.18. The lowest BCUT2D eigenvalue weighted by Gasteiger charge is -2.22. The van der Waals surface area contributed by atoms with Crippen LogP contribution >= 0.6 is 0 Å². The van der Waals surface area contributed by atoms with Gasteiger partial charge in [-0.25, -0.2) is 8.78 Å². The summed E-state index contributed by atoms with van der Waals surface area (Å²) < 4.78 is 50.8. The van der Waals surface area contributed by atoms with Crippen LogP contribution in [-0.2, 0) is 20.9 Å². The van der Waals surface area contributed by atoms with Gasteiger partial charge in [0.15, 0.2) is 17.8 Å². The van der Waals surface area contributed by atoms with Gasteiger partial charge in [0.05, 0.1) is 18.8 Å². The molecular weight excluding hydrogens is 432 g/mol. The monoisotopic (exact) mass is 461 g/mol. The summed E-state index contributed by atoms with van der Waals surface area (Å²) >= 11 is 0. The number of halogens is 2. The summed E-state index contributed by atoms with van der Waals surface area (Å²) in [5, 5.41) is 0. The van der Waals surface area contributed by atoms with Crippen LogP contribution in [0.5, 0.6) is 11.5 Å². The van der Waals surface area contributed by atoms with Gasteiger partial charge in [-0.15, -0.1) is 0 Å². The summed E-state index contributed by atoms with van der Waals surface area (Å²) in [6.45, 7) is 2.97. The number of carbonyl (C=O) groups is 1. The van der Waals surface area contributed by atoms with E-state index in [0.29, 0.717) is 42.3 Å². The Bertz CT molecular complexity index is 953. The van der Waals surface area contributed by atoms with Crippen molar-refractivity contribution in [1.29, 1.82) is 0 Å². The van der Waals surface area contributed by atoms with E-state index in [-0.39, 0.29) is 18.5 Å². The molecule has 0 saturated carbocycles. The van der Waals surface area contributed by atoms with Gasteiger partial charge in [-0.2, -0.15) is 0 Å². The third kappa shape index (κ3) is 7.54. The van der Waals surface area contributed by atoms with Crippen molar-refractivity contribution in [2.45, 2.75) is 45.5 Å². The number of allylic oxidation sites excluding steroid dienone is 1. The molecule has 1 atom stereocenters. The van der Waals surface area contributed by atoms with Crippen LogP contribution in [0, 0.1) is 11.6 Å². The van der Waals surface area contributed by atoms with Crippen molar-refractivity contribution in [3.05, 3.63) is 65.2 Å². The van der Waals surface area contributed by atoms with Crippen LogP contribution in [0.1, 0.15) is 43.7 Å². The fourth-order valence-corrected chi connectivity index (χ4v) is 3.40. The summed E-state index contributed by atoms with van der Waals surface area (Å²) in [6.07, 6.45) is 4.79. The molecule has 1 aliphatic heterocycles.